The molecule has 0 spiro atoms. The zero-order chi connectivity index (χ0) is 18.7. The van der Waals surface area contributed by atoms with E-state index in [1.807, 2.05) is 0 Å². The number of ketones is 1. The second kappa shape index (κ2) is 7.73. The van der Waals surface area contributed by atoms with Crippen LogP contribution in [-0.4, -0.2) is 43.7 Å². The van der Waals surface area contributed by atoms with Crippen molar-refractivity contribution in [2.24, 2.45) is 5.92 Å². The largest absolute Gasteiger partial charge is 0.459 e. The maximum absolute atomic E-state index is 13.1. The monoisotopic (exact) mass is 364 g/mol. The van der Waals surface area contributed by atoms with Crippen molar-refractivity contribution in [2.45, 2.75) is 51.9 Å². The number of carbonyl (C=O) groups excluding carboxylic acids is 1. The fourth-order valence-corrected chi connectivity index (χ4v) is 2.05. The summed E-state index contributed by atoms with van der Waals surface area (Å²) in [5.74, 6) is -4.79. The highest BCUT2D eigenvalue weighted by Crippen LogP contribution is 2.40. The van der Waals surface area contributed by atoms with Crippen LogP contribution in [0.5, 0.6) is 0 Å². The van der Waals surface area contributed by atoms with Crippen molar-refractivity contribution in [1.29, 1.82) is 0 Å². The molecule has 0 N–H and O–H groups in total. The Labute approximate surface area is 134 Å². The third kappa shape index (κ3) is 5.37. The fraction of sp³-hybridized carbons (Fsp3) is 0.786. The molecule has 2 atom stereocenters. The van der Waals surface area contributed by atoms with E-state index in [-0.39, 0.29) is 19.1 Å². The van der Waals surface area contributed by atoms with Gasteiger partial charge in [-0.25, -0.2) is 0 Å². The molecule has 0 aromatic heterocycles. The van der Waals surface area contributed by atoms with Gasteiger partial charge in [-0.1, -0.05) is 13.8 Å². The molecule has 10 heteroatoms. The molecule has 0 aromatic carbocycles. The number of hydrogen-bond donors (Lipinski definition) is 0. The Kier molecular flexibility index (Phi) is 6.68. The molecular formula is C14H18F6O4. The molecule has 0 aromatic rings. The van der Waals surface area contributed by atoms with E-state index in [1.54, 1.807) is 13.8 Å². The summed E-state index contributed by atoms with van der Waals surface area (Å²) in [6.45, 7) is 4.68. The van der Waals surface area contributed by atoms with Crippen molar-refractivity contribution in [3.8, 4) is 0 Å². The minimum Gasteiger partial charge on any atom is -0.459 e. The number of alkyl halides is 6. The topological polar surface area (TPSA) is 44.8 Å². The van der Waals surface area contributed by atoms with Gasteiger partial charge in [-0.15, -0.1) is 0 Å². The Bertz CT molecular complexity index is 481. The van der Waals surface area contributed by atoms with E-state index in [9.17, 15) is 31.1 Å². The summed E-state index contributed by atoms with van der Waals surface area (Å²) < 4.78 is 92.0. The van der Waals surface area contributed by atoms with Gasteiger partial charge in [0.15, 0.2) is 0 Å². The van der Waals surface area contributed by atoms with E-state index in [2.05, 4.69) is 4.74 Å². The van der Waals surface area contributed by atoms with Crippen LogP contribution in [0.15, 0.2) is 11.3 Å². The zero-order valence-electron chi connectivity index (χ0n) is 13.3. The number of hydrogen-bond acceptors (Lipinski definition) is 4. The molecule has 140 valence electrons. The second-order valence-electron chi connectivity index (χ2n) is 5.52. The number of carbonyl (C=O) groups is 1. The number of allylic oxidation sites excluding steroid dienone is 1. The van der Waals surface area contributed by atoms with E-state index in [0.29, 0.717) is 0 Å². The molecule has 1 aliphatic heterocycles. The van der Waals surface area contributed by atoms with Gasteiger partial charge in [0.05, 0.1) is 11.7 Å². The van der Waals surface area contributed by atoms with E-state index in [0.717, 1.165) is 0 Å². The van der Waals surface area contributed by atoms with Crippen LogP contribution in [0, 0.1) is 5.92 Å². The van der Waals surface area contributed by atoms with Crippen molar-refractivity contribution in [3.63, 3.8) is 0 Å². The predicted octanol–water partition coefficient (Wildman–Crippen LogP) is 3.76. The molecule has 0 unspecified atom stereocenters. The molecule has 0 fully saturated rings. The van der Waals surface area contributed by atoms with Crippen LogP contribution in [0.2, 0.25) is 0 Å². The van der Waals surface area contributed by atoms with Gasteiger partial charge < -0.3 is 14.2 Å². The number of halogens is 6. The third-order valence-electron chi connectivity index (χ3n) is 2.97. The van der Waals surface area contributed by atoms with Crippen LogP contribution < -0.4 is 0 Å². The lowest BCUT2D eigenvalue weighted by Gasteiger charge is -2.34. The minimum absolute atomic E-state index is 0.0186. The smallest absolute Gasteiger partial charge is 0.454 e. The minimum atomic E-state index is -5.48. The fourth-order valence-electron chi connectivity index (χ4n) is 2.05. The standard InChI is InChI=1S/C14H18F6O4/c1-4-22-9-5-8(23-6-7(2)3)10(11(21)13(15,16)17)12(24-9)14(18,19)20/h7-9H,4-6H2,1-3H3/t8-,9+/m1/s1. The van der Waals surface area contributed by atoms with Crippen molar-refractivity contribution >= 4 is 5.78 Å². The van der Waals surface area contributed by atoms with Crippen LogP contribution in [0.25, 0.3) is 0 Å². The van der Waals surface area contributed by atoms with E-state index in [4.69, 9.17) is 9.47 Å². The lowest BCUT2D eigenvalue weighted by atomic mass is 9.97. The first-order valence-electron chi connectivity index (χ1n) is 7.20. The van der Waals surface area contributed by atoms with Crippen LogP contribution in [0.1, 0.15) is 27.2 Å². The van der Waals surface area contributed by atoms with E-state index < -0.39 is 48.3 Å². The van der Waals surface area contributed by atoms with Crippen LogP contribution >= 0.6 is 0 Å². The molecule has 1 heterocycles. The third-order valence-corrected chi connectivity index (χ3v) is 2.97. The highest BCUT2D eigenvalue weighted by atomic mass is 19.4. The number of Topliss-reactive ketones (excluding diaryl/α,β-unsaturated/α-hetero) is 1. The van der Waals surface area contributed by atoms with Gasteiger partial charge >= 0.3 is 12.4 Å². The molecule has 0 saturated carbocycles. The van der Waals surface area contributed by atoms with Gasteiger partial charge in [-0.05, 0) is 12.8 Å². The van der Waals surface area contributed by atoms with Gasteiger partial charge in [0.2, 0.25) is 12.0 Å². The molecule has 1 aliphatic rings. The lowest BCUT2D eigenvalue weighted by molar-refractivity contribution is -0.210. The molecule has 0 aliphatic carbocycles. The summed E-state index contributed by atoms with van der Waals surface area (Å²) >= 11 is 0. The number of rotatable bonds is 6. The molecule has 4 nitrogen and oxygen atoms in total. The van der Waals surface area contributed by atoms with Crippen molar-refractivity contribution in [1.82, 2.24) is 0 Å². The Morgan fingerprint density at radius 1 is 1.21 bits per heavy atom. The highest BCUT2D eigenvalue weighted by molar-refractivity contribution is 6.01. The van der Waals surface area contributed by atoms with Crippen molar-refractivity contribution < 1.29 is 45.3 Å². The van der Waals surface area contributed by atoms with Crippen molar-refractivity contribution in [2.75, 3.05) is 13.2 Å². The molecular weight excluding hydrogens is 346 g/mol. The lowest BCUT2D eigenvalue weighted by Crippen LogP contribution is -2.43. The molecule has 0 saturated heterocycles. The quantitative estimate of drug-likeness (QED) is 0.674. The average molecular weight is 364 g/mol. The average Bonchev–Trinajstić information content (AvgIpc) is 2.42. The Hall–Kier alpha value is -1.29. The van der Waals surface area contributed by atoms with Crippen LogP contribution in [0.4, 0.5) is 26.3 Å². The summed E-state index contributed by atoms with van der Waals surface area (Å²) in [6.07, 6.45) is -14.4. The summed E-state index contributed by atoms with van der Waals surface area (Å²) in [5, 5.41) is 0. The normalized spacial score (nSPS) is 22.8. The summed E-state index contributed by atoms with van der Waals surface area (Å²) in [4.78, 5) is 11.5. The first kappa shape index (κ1) is 20.8. The Morgan fingerprint density at radius 2 is 1.79 bits per heavy atom. The van der Waals surface area contributed by atoms with Crippen LogP contribution in [0.3, 0.4) is 0 Å². The first-order chi connectivity index (χ1) is 10.9. The van der Waals surface area contributed by atoms with Crippen molar-refractivity contribution in [3.05, 3.63) is 11.3 Å². The van der Waals surface area contributed by atoms with Gasteiger partial charge in [0.25, 0.3) is 5.78 Å². The Morgan fingerprint density at radius 3 is 2.21 bits per heavy atom. The highest BCUT2D eigenvalue weighted by Gasteiger charge is 2.53. The summed E-state index contributed by atoms with van der Waals surface area (Å²) in [5.41, 5.74) is -1.56. The summed E-state index contributed by atoms with van der Waals surface area (Å²) in [6, 6.07) is 0. The first-order valence-corrected chi connectivity index (χ1v) is 7.20. The van der Waals surface area contributed by atoms with Crippen LogP contribution in [-0.2, 0) is 19.0 Å². The maximum Gasteiger partial charge on any atom is 0.454 e. The molecule has 0 bridgehead atoms. The molecule has 0 radical (unpaired) electrons. The zero-order valence-corrected chi connectivity index (χ0v) is 13.3. The molecule has 0 amide bonds. The van der Waals surface area contributed by atoms with Gasteiger partial charge in [-0.3, -0.25) is 4.79 Å². The maximum atomic E-state index is 13.1. The second-order valence-corrected chi connectivity index (χ2v) is 5.52. The molecule has 1 rings (SSSR count). The SMILES string of the molecule is CCO[C@@H]1C[C@@H](OCC(C)C)C(C(=O)C(F)(F)F)=C(C(F)(F)F)O1. The van der Waals surface area contributed by atoms with E-state index in [1.165, 1.54) is 6.92 Å². The van der Waals surface area contributed by atoms with Gasteiger partial charge in [0.1, 0.15) is 0 Å². The van der Waals surface area contributed by atoms with Gasteiger partial charge in [-0.2, -0.15) is 26.3 Å². The predicted molar refractivity (Wildman–Crippen MR) is 69.8 cm³/mol. The molecule has 24 heavy (non-hydrogen) atoms. The van der Waals surface area contributed by atoms with Gasteiger partial charge in [0, 0.05) is 19.6 Å². The Balaban J connectivity index is 3.34. The number of ether oxygens (including phenoxy) is 3. The summed E-state index contributed by atoms with van der Waals surface area (Å²) in [7, 11) is 0. The van der Waals surface area contributed by atoms with E-state index >= 15 is 0 Å².